The highest BCUT2D eigenvalue weighted by Crippen LogP contribution is 2.47. The van der Waals surface area contributed by atoms with E-state index in [9.17, 15) is 8.42 Å². The SMILES string of the molecule is Cc1ccnc2c(OCC3(CS(C)(=O)=O)CC3)ccnc12. The molecule has 1 aliphatic carbocycles. The lowest BCUT2D eigenvalue weighted by Gasteiger charge is -2.16. The summed E-state index contributed by atoms with van der Waals surface area (Å²) < 4.78 is 28.8. The fraction of sp³-hybridized carbons (Fsp3) is 0.467. The van der Waals surface area contributed by atoms with E-state index in [-0.39, 0.29) is 11.2 Å². The first kappa shape index (κ1) is 14.3. The maximum Gasteiger partial charge on any atom is 0.148 e. The van der Waals surface area contributed by atoms with E-state index in [1.807, 2.05) is 13.0 Å². The smallest absolute Gasteiger partial charge is 0.148 e. The van der Waals surface area contributed by atoms with Crippen molar-refractivity contribution in [3.05, 3.63) is 30.1 Å². The lowest BCUT2D eigenvalue weighted by Crippen LogP contribution is -2.23. The van der Waals surface area contributed by atoms with Crippen LogP contribution in [0.3, 0.4) is 0 Å². The Morgan fingerprint density at radius 3 is 2.52 bits per heavy atom. The van der Waals surface area contributed by atoms with Crippen LogP contribution in [-0.4, -0.2) is 37.0 Å². The second-order valence-corrected chi connectivity index (χ2v) is 8.13. The van der Waals surface area contributed by atoms with Crippen molar-refractivity contribution in [1.29, 1.82) is 0 Å². The third-order valence-electron chi connectivity index (χ3n) is 3.85. The van der Waals surface area contributed by atoms with E-state index in [2.05, 4.69) is 9.97 Å². The molecular formula is C15H18N2O3S. The van der Waals surface area contributed by atoms with Gasteiger partial charge in [0.15, 0.2) is 0 Å². The summed E-state index contributed by atoms with van der Waals surface area (Å²) in [5.74, 6) is 0.860. The van der Waals surface area contributed by atoms with Gasteiger partial charge in [0.25, 0.3) is 0 Å². The molecule has 0 N–H and O–H groups in total. The number of pyridine rings is 2. The summed E-state index contributed by atoms with van der Waals surface area (Å²) in [6.45, 7) is 2.39. The van der Waals surface area contributed by atoms with E-state index in [4.69, 9.17) is 4.74 Å². The van der Waals surface area contributed by atoms with Gasteiger partial charge in [0.1, 0.15) is 21.1 Å². The van der Waals surface area contributed by atoms with Crippen molar-refractivity contribution in [2.24, 2.45) is 5.41 Å². The van der Waals surface area contributed by atoms with E-state index in [1.165, 1.54) is 6.26 Å². The molecule has 0 saturated heterocycles. The monoisotopic (exact) mass is 306 g/mol. The standard InChI is InChI=1S/C15H18N2O3S/c1-11-3-7-17-14-12(4-8-16-13(11)14)20-9-15(5-6-15)10-21(2,18)19/h3-4,7-8H,5-6,9-10H2,1-2H3. The highest BCUT2D eigenvalue weighted by Gasteiger charge is 2.46. The van der Waals surface area contributed by atoms with Gasteiger partial charge in [-0.25, -0.2) is 8.42 Å². The Morgan fingerprint density at radius 2 is 1.86 bits per heavy atom. The Balaban J connectivity index is 1.82. The molecule has 2 aromatic rings. The number of aryl methyl sites for hydroxylation is 1. The van der Waals surface area contributed by atoms with E-state index in [0.717, 1.165) is 29.4 Å². The van der Waals surface area contributed by atoms with Gasteiger partial charge < -0.3 is 4.74 Å². The molecular weight excluding hydrogens is 288 g/mol. The summed E-state index contributed by atoms with van der Waals surface area (Å²) in [5.41, 5.74) is 2.38. The van der Waals surface area contributed by atoms with Gasteiger partial charge in [-0.15, -0.1) is 0 Å². The van der Waals surface area contributed by atoms with Crippen LogP contribution in [0.2, 0.25) is 0 Å². The summed E-state index contributed by atoms with van der Waals surface area (Å²) >= 11 is 0. The average molecular weight is 306 g/mol. The van der Waals surface area contributed by atoms with Crippen LogP contribution in [0.1, 0.15) is 18.4 Å². The Hall–Kier alpha value is -1.69. The first-order valence-corrected chi connectivity index (χ1v) is 8.96. The molecule has 0 unspecified atom stereocenters. The molecule has 1 fully saturated rings. The number of sulfone groups is 1. The molecule has 2 heterocycles. The summed E-state index contributed by atoms with van der Waals surface area (Å²) in [6.07, 6.45) is 6.50. The number of rotatable bonds is 5. The van der Waals surface area contributed by atoms with Gasteiger partial charge in [0.05, 0.1) is 17.9 Å². The van der Waals surface area contributed by atoms with Crippen LogP contribution in [0.15, 0.2) is 24.5 Å². The first-order chi connectivity index (χ1) is 9.89. The Bertz CT molecular complexity index is 783. The molecule has 1 aliphatic rings. The van der Waals surface area contributed by atoms with Crippen LogP contribution in [0.5, 0.6) is 5.75 Å². The zero-order valence-corrected chi connectivity index (χ0v) is 13.0. The number of hydrogen-bond acceptors (Lipinski definition) is 5. The number of fused-ring (bicyclic) bond motifs is 1. The van der Waals surface area contributed by atoms with Gasteiger partial charge in [-0.05, 0) is 31.4 Å². The number of nitrogens with zero attached hydrogens (tertiary/aromatic N) is 2. The second-order valence-electron chi connectivity index (χ2n) is 5.99. The van der Waals surface area contributed by atoms with Gasteiger partial charge >= 0.3 is 0 Å². The molecule has 1 saturated carbocycles. The van der Waals surface area contributed by atoms with Crippen molar-refractivity contribution in [3.63, 3.8) is 0 Å². The van der Waals surface area contributed by atoms with E-state index in [0.29, 0.717) is 12.4 Å². The van der Waals surface area contributed by atoms with Crippen LogP contribution in [0.4, 0.5) is 0 Å². The second kappa shape index (κ2) is 4.94. The predicted molar refractivity (Wildman–Crippen MR) is 81.1 cm³/mol. The zero-order valence-electron chi connectivity index (χ0n) is 12.2. The van der Waals surface area contributed by atoms with Gasteiger partial charge in [-0.1, -0.05) is 0 Å². The van der Waals surface area contributed by atoms with Crippen LogP contribution < -0.4 is 4.74 Å². The normalized spacial score (nSPS) is 16.9. The molecule has 0 bridgehead atoms. The Labute approximate surface area is 124 Å². The lowest BCUT2D eigenvalue weighted by molar-refractivity contribution is 0.251. The quantitative estimate of drug-likeness (QED) is 0.846. The molecule has 3 rings (SSSR count). The van der Waals surface area contributed by atoms with E-state index in [1.54, 1.807) is 18.5 Å². The van der Waals surface area contributed by atoms with Gasteiger partial charge in [0.2, 0.25) is 0 Å². The predicted octanol–water partition coefficient (Wildman–Crippen LogP) is 2.14. The molecule has 0 radical (unpaired) electrons. The maximum absolute atomic E-state index is 11.5. The van der Waals surface area contributed by atoms with Crippen molar-refractivity contribution in [1.82, 2.24) is 9.97 Å². The minimum atomic E-state index is -2.98. The van der Waals surface area contributed by atoms with Crippen LogP contribution >= 0.6 is 0 Å². The van der Waals surface area contributed by atoms with E-state index < -0.39 is 9.84 Å². The third-order valence-corrected chi connectivity index (χ3v) is 4.99. The highest BCUT2D eigenvalue weighted by molar-refractivity contribution is 7.90. The molecule has 0 aliphatic heterocycles. The Morgan fingerprint density at radius 1 is 1.19 bits per heavy atom. The summed E-state index contributed by atoms with van der Waals surface area (Å²) in [7, 11) is -2.98. The molecule has 6 heteroatoms. The largest absolute Gasteiger partial charge is 0.491 e. The molecule has 0 spiro atoms. The van der Waals surface area contributed by atoms with E-state index >= 15 is 0 Å². The molecule has 21 heavy (non-hydrogen) atoms. The van der Waals surface area contributed by atoms with Gasteiger partial charge in [-0.3, -0.25) is 9.97 Å². The third kappa shape index (κ3) is 3.15. The number of aromatic nitrogens is 2. The Kier molecular flexibility index (Phi) is 3.36. The lowest BCUT2D eigenvalue weighted by atomic mass is 10.1. The van der Waals surface area contributed by atoms with Crippen LogP contribution in [0.25, 0.3) is 11.0 Å². The summed E-state index contributed by atoms with van der Waals surface area (Å²) in [6, 6.07) is 3.69. The topological polar surface area (TPSA) is 69.2 Å². The van der Waals surface area contributed by atoms with Crippen LogP contribution in [-0.2, 0) is 9.84 Å². The van der Waals surface area contributed by atoms with Gasteiger partial charge in [0, 0.05) is 30.1 Å². The summed E-state index contributed by atoms with van der Waals surface area (Å²) in [4.78, 5) is 8.65. The highest BCUT2D eigenvalue weighted by atomic mass is 32.2. The van der Waals surface area contributed by atoms with Crippen molar-refractivity contribution in [2.45, 2.75) is 19.8 Å². The number of hydrogen-bond donors (Lipinski definition) is 0. The fourth-order valence-corrected chi connectivity index (χ4v) is 4.05. The van der Waals surface area contributed by atoms with Crippen molar-refractivity contribution < 1.29 is 13.2 Å². The zero-order chi connectivity index (χ0) is 15.1. The molecule has 0 atom stereocenters. The first-order valence-electron chi connectivity index (χ1n) is 6.89. The molecule has 5 nitrogen and oxygen atoms in total. The van der Waals surface area contributed by atoms with Crippen molar-refractivity contribution in [2.75, 3.05) is 18.6 Å². The van der Waals surface area contributed by atoms with Crippen LogP contribution in [0, 0.1) is 12.3 Å². The fourth-order valence-electron chi connectivity index (χ4n) is 2.56. The molecule has 112 valence electrons. The summed E-state index contributed by atoms with van der Waals surface area (Å²) in [5, 5.41) is 0. The average Bonchev–Trinajstić information content (AvgIpc) is 3.15. The molecule has 0 amide bonds. The number of ether oxygens (including phenoxy) is 1. The minimum absolute atomic E-state index is 0.190. The van der Waals surface area contributed by atoms with Crippen molar-refractivity contribution in [3.8, 4) is 5.75 Å². The van der Waals surface area contributed by atoms with Crippen molar-refractivity contribution >= 4 is 20.9 Å². The minimum Gasteiger partial charge on any atom is -0.491 e. The maximum atomic E-state index is 11.5. The molecule has 2 aromatic heterocycles. The van der Waals surface area contributed by atoms with Gasteiger partial charge in [-0.2, -0.15) is 0 Å². The molecule has 0 aromatic carbocycles.